The highest BCUT2D eigenvalue weighted by Gasteiger charge is 2.22. The smallest absolute Gasteiger partial charge is 0.306 e. The number of rotatable bonds is 69. The summed E-state index contributed by atoms with van der Waals surface area (Å²) in [6.45, 7) is 4.81. The normalized spacial score (nSPS) is 12.8. The quantitative estimate of drug-likeness (QED) is 0.0195. The lowest BCUT2D eigenvalue weighted by molar-refractivity contribution is -0.870. The van der Waals surface area contributed by atoms with Crippen LogP contribution in [0.4, 0.5) is 0 Å². The third-order valence-corrected chi connectivity index (χ3v) is 16.6. The van der Waals surface area contributed by atoms with E-state index in [2.05, 4.69) is 50.3 Å². The van der Waals surface area contributed by atoms with Gasteiger partial charge < -0.3 is 33.3 Å². The molecule has 0 amide bonds. The number of allylic oxidation sites excluding steroid dienone is 6. The summed E-state index contributed by atoms with van der Waals surface area (Å²) in [4.78, 5) is 37.5. The van der Waals surface area contributed by atoms with Crippen molar-refractivity contribution in [1.82, 2.24) is 0 Å². The summed E-state index contributed by atoms with van der Waals surface area (Å²) in [7, 11) is 5.95. The first-order valence-corrected chi connectivity index (χ1v) is 36.6. The fraction of sp³-hybridized carbons (Fsp3) is 0.880. The Labute approximate surface area is 521 Å². The number of ether oxygens (including phenoxy) is 4. The molecule has 0 spiro atoms. The first-order chi connectivity index (χ1) is 41.1. The van der Waals surface area contributed by atoms with Gasteiger partial charge in [0.25, 0.3) is 0 Å². The average Bonchev–Trinajstić information content (AvgIpc) is 3.55. The summed E-state index contributed by atoms with van der Waals surface area (Å²) in [5, 5.41) is 11.8. The number of quaternary nitrogens is 1. The molecule has 2 unspecified atom stereocenters. The van der Waals surface area contributed by atoms with E-state index >= 15 is 0 Å². The molecule has 9 nitrogen and oxygen atoms in total. The summed E-state index contributed by atoms with van der Waals surface area (Å²) in [6.07, 6.45) is 81.0. The topological polar surface area (TPSA) is 111 Å². The maximum absolute atomic E-state index is 12.9. The molecule has 0 saturated carbocycles. The number of esters is 2. The Kier molecular flexibility index (Phi) is 64.5. The average molecular weight is 1180 g/mol. The van der Waals surface area contributed by atoms with E-state index in [0.29, 0.717) is 17.4 Å². The van der Waals surface area contributed by atoms with Gasteiger partial charge in [-0.2, -0.15) is 0 Å². The maximum Gasteiger partial charge on any atom is 0.306 e. The summed E-state index contributed by atoms with van der Waals surface area (Å²) in [5.74, 6) is -2.25. The molecule has 0 aromatic rings. The molecule has 2 atom stereocenters. The summed E-state index contributed by atoms with van der Waals surface area (Å²) < 4.78 is 22.8. The van der Waals surface area contributed by atoms with Gasteiger partial charge in [-0.3, -0.25) is 9.59 Å². The predicted molar refractivity (Wildman–Crippen MR) is 357 cm³/mol. The van der Waals surface area contributed by atoms with Gasteiger partial charge in [-0.05, 0) is 51.4 Å². The number of unbranched alkanes of at least 4 members (excludes halogenated alkanes) is 48. The number of hydrogen-bond acceptors (Lipinski definition) is 8. The lowest BCUT2D eigenvalue weighted by Gasteiger charge is -2.26. The van der Waals surface area contributed by atoms with Crippen LogP contribution >= 0.6 is 0 Å². The van der Waals surface area contributed by atoms with E-state index in [1.807, 2.05) is 21.1 Å². The van der Waals surface area contributed by atoms with Gasteiger partial charge in [0.05, 0.1) is 40.3 Å². The maximum atomic E-state index is 12.9. The van der Waals surface area contributed by atoms with Crippen molar-refractivity contribution in [2.75, 3.05) is 47.5 Å². The van der Waals surface area contributed by atoms with Crippen molar-refractivity contribution < 1.29 is 42.9 Å². The van der Waals surface area contributed by atoms with Gasteiger partial charge >= 0.3 is 11.9 Å². The minimum atomic E-state index is -1.62. The van der Waals surface area contributed by atoms with Crippen molar-refractivity contribution in [2.45, 2.75) is 379 Å². The highest BCUT2D eigenvalue weighted by molar-refractivity contribution is 5.70. The molecule has 0 N–H and O–H groups in total. The zero-order chi connectivity index (χ0) is 61.2. The van der Waals surface area contributed by atoms with Gasteiger partial charge in [-0.1, -0.05) is 339 Å². The molecule has 9 heteroatoms. The summed E-state index contributed by atoms with van der Waals surface area (Å²) >= 11 is 0. The lowest BCUT2D eigenvalue weighted by Crippen LogP contribution is -2.44. The Morgan fingerprint density at radius 3 is 0.952 bits per heavy atom. The van der Waals surface area contributed by atoms with Gasteiger partial charge in [-0.15, -0.1) is 0 Å². The fourth-order valence-electron chi connectivity index (χ4n) is 11.0. The van der Waals surface area contributed by atoms with E-state index in [1.165, 1.54) is 289 Å². The number of likely N-dealkylation sites (N-methyl/N-ethyl adjacent to an activating group) is 1. The monoisotopic (exact) mass is 1180 g/mol. The second kappa shape index (κ2) is 66.5. The molecule has 0 saturated heterocycles. The van der Waals surface area contributed by atoms with E-state index in [4.69, 9.17) is 18.9 Å². The molecule has 0 bridgehead atoms. The van der Waals surface area contributed by atoms with Crippen molar-refractivity contribution in [1.29, 1.82) is 0 Å². The van der Waals surface area contributed by atoms with Crippen molar-refractivity contribution in [3.05, 3.63) is 36.5 Å². The Balaban J connectivity index is 3.99. The molecule has 0 rings (SSSR count). The number of carboxylic acid groups (broad SMARTS) is 1. The predicted octanol–water partition coefficient (Wildman–Crippen LogP) is 21.4. The zero-order valence-corrected chi connectivity index (χ0v) is 56.6. The van der Waals surface area contributed by atoms with Crippen LogP contribution in [0.15, 0.2) is 36.5 Å². The number of hydrogen-bond donors (Lipinski definition) is 0. The van der Waals surface area contributed by atoms with Crippen molar-refractivity contribution in [3.63, 3.8) is 0 Å². The standard InChI is InChI=1S/C75H141NO8/c1-6-8-10-12-14-16-18-20-22-24-26-28-30-31-32-33-34-35-36-37-38-39-40-41-42-43-44-46-48-50-52-54-56-58-60-62-64-66-73(78)84-71(70-83-75(74(79)80)81-68-67-76(3,4)5)69-82-72(77)65-63-61-59-57-55-53-51-49-47-45-29-27-25-23-21-19-17-15-13-11-9-7-2/h18,20,24,26,30-31,71,75H,6-17,19,21-23,25,27-29,32-70H2,1-5H3/b20-18-,26-24-,31-30-. The number of carbonyl (C=O) groups is 3. The SMILES string of the molecule is CCCCCCC/C=C\C/C=C\C/C=C\CCCCCCCCCCCCCCCCCCCCCCCCC(=O)OC(COC(=O)CCCCCCCCCCCCCCCCCCCCCCCC)COC(OCC[N+](C)(C)C)C(=O)[O-]. The molecule has 0 radical (unpaired) electrons. The van der Waals surface area contributed by atoms with Crippen molar-refractivity contribution in [3.8, 4) is 0 Å². The molecule has 0 aliphatic heterocycles. The number of aliphatic carboxylic acids is 1. The molecule has 84 heavy (non-hydrogen) atoms. The van der Waals surface area contributed by atoms with E-state index < -0.39 is 24.3 Å². The van der Waals surface area contributed by atoms with Crippen molar-refractivity contribution in [2.24, 2.45) is 0 Å². The summed E-state index contributed by atoms with van der Waals surface area (Å²) in [6, 6.07) is 0. The third kappa shape index (κ3) is 67.0. The van der Waals surface area contributed by atoms with Crippen LogP contribution in [0.2, 0.25) is 0 Å². The van der Waals surface area contributed by atoms with E-state index in [0.717, 1.165) is 51.4 Å². The second-order valence-corrected chi connectivity index (χ2v) is 26.2. The van der Waals surface area contributed by atoms with Crippen LogP contribution in [0.25, 0.3) is 0 Å². The second-order valence-electron chi connectivity index (χ2n) is 26.2. The lowest BCUT2D eigenvalue weighted by atomic mass is 10.0. The first-order valence-electron chi connectivity index (χ1n) is 36.6. The number of carbonyl (C=O) groups excluding carboxylic acids is 3. The molecule has 494 valence electrons. The fourth-order valence-corrected chi connectivity index (χ4v) is 11.0. The van der Waals surface area contributed by atoms with Gasteiger partial charge in [-0.25, -0.2) is 0 Å². The van der Waals surface area contributed by atoms with Crippen LogP contribution in [-0.2, 0) is 33.3 Å². The first kappa shape index (κ1) is 81.5. The van der Waals surface area contributed by atoms with E-state index in [-0.39, 0.29) is 32.2 Å². The molecular formula is C75H141NO8. The van der Waals surface area contributed by atoms with Crippen LogP contribution in [0, 0.1) is 0 Å². The number of nitrogens with zero attached hydrogens (tertiary/aromatic N) is 1. The highest BCUT2D eigenvalue weighted by atomic mass is 16.7. The van der Waals surface area contributed by atoms with Gasteiger partial charge in [0.2, 0.25) is 0 Å². The molecule has 0 aliphatic carbocycles. The van der Waals surface area contributed by atoms with Gasteiger partial charge in [0, 0.05) is 12.8 Å². The molecular weight excluding hydrogens is 1040 g/mol. The van der Waals surface area contributed by atoms with Gasteiger partial charge in [0.15, 0.2) is 12.4 Å². The van der Waals surface area contributed by atoms with Crippen LogP contribution in [0.3, 0.4) is 0 Å². The number of carboxylic acids is 1. The third-order valence-electron chi connectivity index (χ3n) is 16.6. The Morgan fingerprint density at radius 2 is 0.643 bits per heavy atom. The molecule has 0 aromatic carbocycles. The molecule has 0 aliphatic rings. The summed E-state index contributed by atoms with van der Waals surface area (Å²) in [5.41, 5.74) is 0. The molecule has 0 heterocycles. The van der Waals surface area contributed by atoms with Crippen LogP contribution in [-0.4, -0.2) is 82.3 Å². The molecule has 0 fully saturated rings. The minimum Gasteiger partial charge on any atom is -0.545 e. The van der Waals surface area contributed by atoms with E-state index in [9.17, 15) is 19.5 Å². The van der Waals surface area contributed by atoms with Crippen LogP contribution < -0.4 is 5.11 Å². The van der Waals surface area contributed by atoms with E-state index in [1.54, 1.807) is 0 Å². The van der Waals surface area contributed by atoms with Crippen LogP contribution in [0.5, 0.6) is 0 Å². The largest absolute Gasteiger partial charge is 0.545 e. The van der Waals surface area contributed by atoms with Crippen LogP contribution in [0.1, 0.15) is 367 Å². The minimum absolute atomic E-state index is 0.151. The molecule has 0 aromatic heterocycles. The van der Waals surface area contributed by atoms with Crippen molar-refractivity contribution >= 4 is 17.9 Å². The highest BCUT2D eigenvalue weighted by Crippen LogP contribution is 2.19. The Morgan fingerprint density at radius 1 is 0.357 bits per heavy atom. The Bertz CT molecular complexity index is 1470. The zero-order valence-electron chi connectivity index (χ0n) is 56.6. The Hall–Kier alpha value is -2.49. The van der Waals surface area contributed by atoms with Gasteiger partial charge in [0.1, 0.15) is 13.2 Å².